The highest BCUT2D eigenvalue weighted by Crippen LogP contribution is 2.34. The molecule has 2 aliphatic rings. The molecule has 2 saturated heterocycles. The van der Waals surface area contributed by atoms with E-state index in [9.17, 15) is 0 Å². The first kappa shape index (κ1) is 20.4. The van der Waals surface area contributed by atoms with Crippen molar-refractivity contribution in [1.29, 1.82) is 0 Å². The van der Waals surface area contributed by atoms with Gasteiger partial charge in [0, 0.05) is 49.7 Å². The van der Waals surface area contributed by atoms with Gasteiger partial charge in [0.25, 0.3) is 0 Å². The molecular formula is C24H32N6O. The normalized spacial score (nSPS) is 18.9. The maximum absolute atomic E-state index is 5.58. The third-order valence-corrected chi connectivity index (χ3v) is 6.59. The van der Waals surface area contributed by atoms with Gasteiger partial charge in [0.2, 0.25) is 0 Å². The van der Waals surface area contributed by atoms with E-state index >= 15 is 0 Å². The summed E-state index contributed by atoms with van der Waals surface area (Å²) in [6, 6.07) is 6.90. The molecule has 0 aromatic carbocycles. The van der Waals surface area contributed by atoms with Crippen molar-refractivity contribution in [2.75, 3.05) is 44.3 Å². The van der Waals surface area contributed by atoms with E-state index in [1.165, 1.54) is 16.8 Å². The van der Waals surface area contributed by atoms with Crippen molar-refractivity contribution < 1.29 is 4.74 Å². The number of anilines is 1. The molecule has 2 aliphatic heterocycles. The molecule has 0 saturated carbocycles. The number of piperidine rings is 1. The summed E-state index contributed by atoms with van der Waals surface area (Å²) in [6.07, 6.45) is 8.02. The Hall–Kier alpha value is -2.51. The third-order valence-electron chi connectivity index (χ3n) is 6.59. The zero-order valence-corrected chi connectivity index (χ0v) is 18.6. The first-order chi connectivity index (χ1) is 15.2. The average Bonchev–Trinajstić information content (AvgIpc) is 3.25. The quantitative estimate of drug-likeness (QED) is 0.628. The summed E-state index contributed by atoms with van der Waals surface area (Å²) < 4.78 is 7.86. The number of aromatic nitrogens is 4. The van der Waals surface area contributed by atoms with E-state index < -0.39 is 0 Å². The molecule has 0 unspecified atom stereocenters. The minimum atomic E-state index is 0.375. The van der Waals surface area contributed by atoms with Gasteiger partial charge in [-0.05, 0) is 63.5 Å². The van der Waals surface area contributed by atoms with Gasteiger partial charge in [-0.25, -0.2) is 9.97 Å². The van der Waals surface area contributed by atoms with E-state index in [1.54, 1.807) is 0 Å². The Morgan fingerprint density at radius 2 is 1.81 bits per heavy atom. The summed E-state index contributed by atoms with van der Waals surface area (Å²) in [5.41, 5.74) is 4.79. The smallest absolute Gasteiger partial charge is 0.157 e. The van der Waals surface area contributed by atoms with Crippen molar-refractivity contribution in [3.8, 4) is 0 Å². The minimum Gasteiger partial charge on any atom is -0.378 e. The summed E-state index contributed by atoms with van der Waals surface area (Å²) in [4.78, 5) is 19.0. The van der Waals surface area contributed by atoms with Crippen molar-refractivity contribution in [2.45, 2.75) is 45.2 Å². The number of fused-ring (bicyclic) bond motifs is 1. The second kappa shape index (κ2) is 8.93. The van der Waals surface area contributed by atoms with Gasteiger partial charge in [0.05, 0.1) is 25.1 Å². The fourth-order valence-electron chi connectivity index (χ4n) is 4.78. The van der Waals surface area contributed by atoms with E-state index in [1.807, 2.05) is 18.7 Å². The Balaban J connectivity index is 1.39. The van der Waals surface area contributed by atoms with Gasteiger partial charge in [0.1, 0.15) is 5.52 Å². The number of pyridine rings is 2. The standard InChI is InChI=1S/C24H32N6O/c1-18(2)30-17-26-23-22(30)15-21(27-24(23)29-11-13-31-14-12-29)20-5-9-28(10-6-20)16-19-3-7-25-8-4-19/h3-4,7-8,15,17-18,20H,5-6,9-14,16H2,1-2H3. The highest BCUT2D eigenvalue weighted by atomic mass is 16.5. The summed E-state index contributed by atoms with van der Waals surface area (Å²) >= 11 is 0. The van der Waals surface area contributed by atoms with Gasteiger partial charge in [-0.15, -0.1) is 0 Å². The van der Waals surface area contributed by atoms with Gasteiger partial charge in [0.15, 0.2) is 5.82 Å². The van der Waals surface area contributed by atoms with Crippen LogP contribution in [-0.2, 0) is 11.3 Å². The van der Waals surface area contributed by atoms with Crippen LogP contribution in [0, 0.1) is 0 Å². The third kappa shape index (κ3) is 4.29. The Bertz CT molecular complexity index is 1000. The van der Waals surface area contributed by atoms with Gasteiger partial charge in [-0.1, -0.05) is 0 Å². The van der Waals surface area contributed by atoms with Crippen LogP contribution in [0.5, 0.6) is 0 Å². The predicted molar refractivity (Wildman–Crippen MR) is 122 cm³/mol. The molecule has 0 atom stereocenters. The predicted octanol–water partition coefficient (Wildman–Crippen LogP) is 3.62. The van der Waals surface area contributed by atoms with Crippen molar-refractivity contribution in [2.24, 2.45) is 0 Å². The second-order valence-corrected chi connectivity index (χ2v) is 8.99. The Labute approximate surface area is 184 Å². The van der Waals surface area contributed by atoms with Crippen LogP contribution >= 0.6 is 0 Å². The van der Waals surface area contributed by atoms with Gasteiger partial charge in [-0.2, -0.15) is 0 Å². The summed E-state index contributed by atoms with van der Waals surface area (Å²) in [6.45, 7) is 10.9. The van der Waals surface area contributed by atoms with E-state index in [-0.39, 0.29) is 0 Å². The highest BCUT2D eigenvalue weighted by Gasteiger charge is 2.26. The van der Waals surface area contributed by atoms with E-state index in [4.69, 9.17) is 14.7 Å². The number of rotatable bonds is 5. The number of likely N-dealkylation sites (tertiary alicyclic amines) is 1. The molecule has 0 aliphatic carbocycles. The molecule has 5 rings (SSSR count). The Morgan fingerprint density at radius 1 is 1.06 bits per heavy atom. The minimum absolute atomic E-state index is 0.375. The molecule has 5 heterocycles. The van der Waals surface area contributed by atoms with Crippen molar-refractivity contribution in [3.63, 3.8) is 0 Å². The van der Waals surface area contributed by atoms with Crippen molar-refractivity contribution in [1.82, 2.24) is 24.4 Å². The lowest BCUT2D eigenvalue weighted by molar-refractivity contribution is 0.122. The molecule has 0 amide bonds. The Morgan fingerprint density at radius 3 is 2.52 bits per heavy atom. The number of nitrogens with zero attached hydrogens (tertiary/aromatic N) is 6. The lowest BCUT2D eigenvalue weighted by Crippen LogP contribution is -2.37. The van der Waals surface area contributed by atoms with Crippen LogP contribution in [0.25, 0.3) is 11.0 Å². The van der Waals surface area contributed by atoms with Crippen LogP contribution in [0.15, 0.2) is 36.9 Å². The maximum Gasteiger partial charge on any atom is 0.157 e. The summed E-state index contributed by atoms with van der Waals surface area (Å²) in [5.74, 6) is 1.53. The van der Waals surface area contributed by atoms with Crippen LogP contribution in [0.2, 0.25) is 0 Å². The van der Waals surface area contributed by atoms with Crippen LogP contribution in [0.3, 0.4) is 0 Å². The van der Waals surface area contributed by atoms with Gasteiger partial charge >= 0.3 is 0 Å². The number of hydrogen-bond acceptors (Lipinski definition) is 6. The number of ether oxygens (including phenoxy) is 1. The molecule has 164 valence electrons. The molecule has 0 bridgehead atoms. The molecular weight excluding hydrogens is 388 g/mol. The topological polar surface area (TPSA) is 59.3 Å². The number of morpholine rings is 1. The molecule has 0 radical (unpaired) electrons. The van der Waals surface area contributed by atoms with Crippen LogP contribution in [-0.4, -0.2) is 63.8 Å². The largest absolute Gasteiger partial charge is 0.378 e. The van der Waals surface area contributed by atoms with Crippen molar-refractivity contribution in [3.05, 3.63) is 48.2 Å². The lowest BCUT2D eigenvalue weighted by Gasteiger charge is -2.33. The van der Waals surface area contributed by atoms with Crippen LogP contribution in [0.4, 0.5) is 5.82 Å². The van der Waals surface area contributed by atoms with E-state index in [0.717, 1.165) is 70.1 Å². The van der Waals surface area contributed by atoms with Crippen LogP contribution < -0.4 is 4.90 Å². The number of hydrogen-bond donors (Lipinski definition) is 0. The molecule has 3 aromatic heterocycles. The van der Waals surface area contributed by atoms with E-state index in [2.05, 4.69) is 51.4 Å². The van der Waals surface area contributed by atoms with Gasteiger partial charge in [-0.3, -0.25) is 9.88 Å². The molecule has 31 heavy (non-hydrogen) atoms. The molecule has 3 aromatic rings. The SMILES string of the molecule is CC(C)n1cnc2c(N3CCOCC3)nc(C3CCN(Cc4ccncc4)CC3)cc21. The summed E-state index contributed by atoms with van der Waals surface area (Å²) in [5, 5.41) is 0. The first-order valence-corrected chi connectivity index (χ1v) is 11.5. The van der Waals surface area contributed by atoms with E-state index in [0.29, 0.717) is 12.0 Å². The van der Waals surface area contributed by atoms with Gasteiger partial charge < -0.3 is 14.2 Å². The fraction of sp³-hybridized carbons (Fsp3) is 0.542. The summed E-state index contributed by atoms with van der Waals surface area (Å²) in [7, 11) is 0. The highest BCUT2D eigenvalue weighted by molar-refractivity contribution is 5.87. The monoisotopic (exact) mass is 420 g/mol. The first-order valence-electron chi connectivity index (χ1n) is 11.5. The molecule has 7 heteroatoms. The maximum atomic E-state index is 5.58. The Kier molecular flexibility index (Phi) is 5.87. The lowest BCUT2D eigenvalue weighted by atomic mass is 9.92. The molecule has 7 nitrogen and oxygen atoms in total. The zero-order valence-electron chi connectivity index (χ0n) is 18.6. The molecule has 0 spiro atoms. The average molecular weight is 421 g/mol. The molecule has 0 N–H and O–H groups in total. The zero-order chi connectivity index (χ0) is 21.2. The van der Waals surface area contributed by atoms with Crippen LogP contribution in [0.1, 0.15) is 49.9 Å². The van der Waals surface area contributed by atoms with Crippen molar-refractivity contribution >= 4 is 16.9 Å². The fourth-order valence-corrected chi connectivity index (χ4v) is 4.78. The molecule has 2 fully saturated rings. The second-order valence-electron chi connectivity index (χ2n) is 8.99. The number of imidazole rings is 1.